The van der Waals surface area contributed by atoms with Crippen LogP contribution in [0.25, 0.3) is 0 Å². The van der Waals surface area contributed by atoms with E-state index >= 15 is 0 Å². The van der Waals surface area contributed by atoms with Gasteiger partial charge in [0.25, 0.3) is 5.91 Å². The summed E-state index contributed by atoms with van der Waals surface area (Å²) in [7, 11) is 1.68. The van der Waals surface area contributed by atoms with E-state index in [1.165, 1.54) is 12.1 Å². The van der Waals surface area contributed by atoms with Gasteiger partial charge in [0, 0.05) is 38.4 Å². The van der Waals surface area contributed by atoms with E-state index < -0.39 is 0 Å². The second kappa shape index (κ2) is 14.0. The number of hydrogen-bond donors (Lipinski definition) is 3. The third-order valence-electron chi connectivity index (χ3n) is 5.08. The predicted molar refractivity (Wildman–Crippen MR) is 138 cm³/mol. The molecule has 9 heteroatoms. The quantitative estimate of drug-likeness (QED) is 0.244. The SMILES string of the molecule is CN=C(NCc1cccc(C(=O)NCC2CCCO2)c1)NCC(C)Oc1cccc(F)c1.I. The minimum atomic E-state index is -0.331. The predicted octanol–water partition coefficient (Wildman–Crippen LogP) is 3.49. The summed E-state index contributed by atoms with van der Waals surface area (Å²) in [6.45, 7) is 4.19. The topological polar surface area (TPSA) is 84.0 Å². The van der Waals surface area contributed by atoms with Gasteiger partial charge in [0.05, 0.1) is 12.6 Å². The fourth-order valence-electron chi connectivity index (χ4n) is 3.40. The normalized spacial score (nSPS) is 16.5. The highest BCUT2D eigenvalue weighted by molar-refractivity contribution is 14.0. The van der Waals surface area contributed by atoms with Gasteiger partial charge in [-0.15, -0.1) is 24.0 Å². The van der Waals surface area contributed by atoms with E-state index in [2.05, 4.69) is 20.9 Å². The summed E-state index contributed by atoms with van der Waals surface area (Å²) in [6.07, 6.45) is 1.96. The maximum atomic E-state index is 13.3. The molecule has 0 bridgehead atoms. The molecular formula is C24H32FIN4O3. The first-order chi connectivity index (χ1) is 15.5. The lowest BCUT2D eigenvalue weighted by Crippen LogP contribution is -2.41. The Bertz CT molecular complexity index is 922. The second-order valence-electron chi connectivity index (χ2n) is 7.74. The van der Waals surface area contributed by atoms with Crippen LogP contribution in [0.3, 0.4) is 0 Å². The van der Waals surface area contributed by atoms with Crippen molar-refractivity contribution in [2.75, 3.05) is 26.7 Å². The van der Waals surface area contributed by atoms with Crippen LogP contribution < -0.4 is 20.7 Å². The number of nitrogens with one attached hydrogen (secondary N) is 3. The van der Waals surface area contributed by atoms with E-state index in [9.17, 15) is 9.18 Å². The van der Waals surface area contributed by atoms with Crippen molar-refractivity contribution in [2.45, 2.75) is 38.5 Å². The fourth-order valence-corrected chi connectivity index (χ4v) is 3.40. The lowest BCUT2D eigenvalue weighted by atomic mass is 10.1. The summed E-state index contributed by atoms with van der Waals surface area (Å²) in [4.78, 5) is 16.6. The summed E-state index contributed by atoms with van der Waals surface area (Å²) in [5.74, 6) is 0.654. The summed E-state index contributed by atoms with van der Waals surface area (Å²) >= 11 is 0. The van der Waals surface area contributed by atoms with Crippen molar-refractivity contribution in [1.29, 1.82) is 0 Å². The van der Waals surface area contributed by atoms with Crippen LogP contribution in [0.4, 0.5) is 4.39 Å². The highest BCUT2D eigenvalue weighted by atomic mass is 127. The van der Waals surface area contributed by atoms with E-state index in [-0.39, 0.29) is 47.9 Å². The number of nitrogens with zero attached hydrogens (tertiary/aromatic N) is 1. The van der Waals surface area contributed by atoms with Gasteiger partial charge in [-0.1, -0.05) is 18.2 Å². The van der Waals surface area contributed by atoms with Crippen LogP contribution in [-0.4, -0.2) is 50.8 Å². The van der Waals surface area contributed by atoms with Gasteiger partial charge in [-0.05, 0) is 49.6 Å². The third-order valence-corrected chi connectivity index (χ3v) is 5.08. The van der Waals surface area contributed by atoms with E-state index in [1.807, 2.05) is 25.1 Å². The number of carbonyl (C=O) groups is 1. The van der Waals surface area contributed by atoms with E-state index in [0.29, 0.717) is 36.9 Å². The van der Waals surface area contributed by atoms with Crippen molar-refractivity contribution in [3.8, 4) is 5.75 Å². The van der Waals surface area contributed by atoms with Crippen LogP contribution >= 0.6 is 24.0 Å². The molecule has 7 nitrogen and oxygen atoms in total. The van der Waals surface area contributed by atoms with Crippen LogP contribution in [-0.2, 0) is 11.3 Å². The molecule has 2 unspecified atom stereocenters. The van der Waals surface area contributed by atoms with Crippen molar-refractivity contribution in [1.82, 2.24) is 16.0 Å². The molecule has 2 aromatic rings. The number of amides is 1. The summed E-state index contributed by atoms with van der Waals surface area (Å²) in [6, 6.07) is 13.5. The van der Waals surface area contributed by atoms with Gasteiger partial charge in [0.15, 0.2) is 5.96 Å². The molecule has 0 aromatic heterocycles. The van der Waals surface area contributed by atoms with Crippen molar-refractivity contribution in [3.05, 3.63) is 65.5 Å². The first-order valence-electron chi connectivity index (χ1n) is 10.9. The number of ether oxygens (including phenoxy) is 2. The highest BCUT2D eigenvalue weighted by Crippen LogP contribution is 2.14. The van der Waals surface area contributed by atoms with Crippen LogP contribution in [0, 0.1) is 5.82 Å². The van der Waals surface area contributed by atoms with Crippen LogP contribution in [0.15, 0.2) is 53.5 Å². The van der Waals surface area contributed by atoms with Crippen LogP contribution in [0.2, 0.25) is 0 Å². The fraction of sp³-hybridized carbons (Fsp3) is 0.417. The molecule has 0 saturated carbocycles. The molecule has 2 aromatic carbocycles. The number of benzene rings is 2. The number of carbonyl (C=O) groups excluding carboxylic acids is 1. The van der Waals surface area contributed by atoms with Crippen molar-refractivity contribution < 1.29 is 18.7 Å². The Balaban J connectivity index is 0.00000385. The van der Waals surface area contributed by atoms with Gasteiger partial charge in [0.2, 0.25) is 0 Å². The van der Waals surface area contributed by atoms with E-state index in [0.717, 1.165) is 25.0 Å². The van der Waals surface area contributed by atoms with Gasteiger partial charge in [-0.2, -0.15) is 0 Å². The lowest BCUT2D eigenvalue weighted by Gasteiger charge is -2.18. The molecule has 1 heterocycles. The van der Waals surface area contributed by atoms with Gasteiger partial charge in [-0.25, -0.2) is 4.39 Å². The molecule has 1 amide bonds. The molecule has 1 aliphatic rings. The van der Waals surface area contributed by atoms with Gasteiger partial charge in [-0.3, -0.25) is 9.79 Å². The molecular weight excluding hydrogens is 538 g/mol. The zero-order valence-corrected chi connectivity index (χ0v) is 21.3. The Morgan fingerprint density at radius 3 is 2.76 bits per heavy atom. The van der Waals surface area contributed by atoms with Crippen LogP contribution in [0.5, 0.6) is 5.75 Å². The number of halogens is 2. The summed E-state index contributed by atoms with van der Waals surface area (Å²) in [5.41, 5.74) is 1.57. The van der Waals surface area contributed by atoms with Gasteiger partial charge >= 0.3 is 0 Å². The number of hydrogen-bond acceptors (Lipinski definition) is 4. The third kappa shape index (κ3) is 9.17. The lowest BCUT2D eigenvalue weighted by molar-refractivity contribution is 0.0857. The first-order valence-corrected chi connectivity index (χ1v) is 10.9. The maximum Gasteiger partial charge on any atom is 0.251 e. The average molecular weight is 570 g/mol. The maximum absolute atomic E-state index is 13.3. The Morgan fingerprint density at radius 1 is 1.21 bits per heavy atom. The molecule has 0 aliphatic carbocycles. The molecule has 1 saturated heterocycles. The Morgan fingerprint density at radius 2 is 2.03 bits per heavy atom. The molecule has 33 heavy (non-hydrogen) atoms. The zero-order valence-electron chi connectivity index (χ0n) is 19.0. The smallest absolute Gasteiger partial charge is 0.251 e. The summed E-state index contributed by atoms with van der Waals surface area (Å²) < 4.78 is 24.5. The van der Waals surface area contributed by atoms with Crippen molar-refractivity contribution >= 4 is 35.8 Å². The average Bonchev–Trinajstić information content (AvgIpc) is 3.31. The molecule has 1 aliphatic heterocycles. The number of guanidine groups is 1. The summed E-state index contributed by atoms with van der Waals surface area (Å²) in [5, 5.41) is 9.36. The monoisotopic (exact) mass is 570 g/mol. The van der Waals surface area contributed by atoms with Crippen LogP contribution in [0.1, 0.15) is 35.7 Å². The standard InChI is InChI=1S/C24H31FN4O3.HI/c1-17(32-21-9-4-8-20(25)13-21)14-28-24(26-2)29-15-18-6-3-7-19(12-18)23(30)27-16-22-10-5-11-31-22;/h3-4,6-9,12-13,17,22H,5,10-11,14-16H2,1-2H3,(H,27,30)(H2,26,28,29);1H. The number of rotatable bonds is 9. The minimum absolute atomic E-state index is 0. The van der Waals surface area contributed by atoms with Crippen molar-refractivity contribution in [3.63, 3.8) is 0 Å². The molecule has 0 radical (unpaired) electrons. The van der Waals surface area contributed by atoms with E-state index in [4.69, 9.17) is 9.47 Å². The molecule has 0 spiro atoms. The van der Waals surface area contributed by atoms with Gasteiger partial charge in [0.1, 0.15) is 17.7 Å². The minimum Gasteiger partial charge on any atom is -0.489 e. The Hall–Kier alpha value is -2.40. The zero-order chi connectivity index (χ0) is 22.8. The molecule has 2 atom stereocenters. The van der Waals surface area contributed by atoms with E-state index in [1.54, 1.807) is 25.2 Å². The molecule has 3 rings (SSSR count). The van der Waals surface area contributed by atoms with Gasteiger partial charge < -0.3 is 25.4 Å². The molecule has 180 valence electrons. The second-order valence-corrected chi connectivity index (χ2v) is 7.74. The van der Waals surface area contributed by atoms with Crippen molar-refractivity contribution in [2.24, 2.45) is 4.99 Å². The molecule has 1 fully saturated rings. The molecule has 3 N–H and O–H groups in total. The highest BCUT2D eigenvalue weighted by Gasteiger charge is 2.16. The Labute approximate surface area is 211 Å². The number of aliphatic imine (C=N–C) groups is 1. The first kappa shape index (κ1) is 26.8. The largest absolute Gasteiger partial charge is 0.489 e. The Kier molecular flexibility index (Phi) is 11.4.